The molecule has 0 spiro atoms. The number of likely N-dealkylation sites (tertiary alicyclic amines) is 1. The van der Waals surface area contributed by atoms with Crippen LogP contribution in [0.4, 0.5) is 5.00 Å². The van der Waals surface area contributed by atoms with E-state index in [1.807, 2.05) is 0 Å². The first-order valence-corrected chi connectivity index (χ1v) is 6.72. The number of aliphatic hydroxyl groups is 1. The number of nitrogens with zero attached hydrogens (tertiary/aromatic N) is 1. The van der Waals surface area contributed by atoms with E-state index in [1.165, 1.54) is 18.3 Å². The molecule has 1 aliphatic rings. The molecule has 18 heavy (non-hydrogen) atoms. The molecule has 1 aromatic heterocycles. The number of hydrogen-bond donors (Lipinski definition) is 2. The Morgan fingerprint density at radius 1 is 1.56 bits per heavy atom. The van der Waals surface area contributed by atoms with Gasteiger partial charge in [-0.25, -0.2) is 0 Å². The molecule has 0 aliphatic carbocycles. The summed E-state index contributed by atoms with van der Waals surface area (Å²) < 4.78 is 0. The van der Waals surface area contributed by atoms with E-state index < -0.39 is 0 Å². The van der Waals surface area contributed by atoms with E-state index in [1.54, 1.807) is 17.0 Å². The molecule has 2 rings (SSSR count). The van der Waals surface area contributed by atoms with Crippen LogP contribution >= 0.6 is 11.3 Å². The van der Waals surface area contributed by atoms with Gasteiger partial charge in [0.25, 0.3) is 5.91 Å². The fourth-order valence-electron chi connectivity index (χ4n) is 2.13. The van der Waals surface area contributed by atoms with E-state index in [-0.39, 0.29) is 24.5 Å². The van der Waals surface area contributed by atoms with E-state index in [0.29, 0.717) is 16.4 Å². The standard InChI is InChI=1S/C12H16N2O3S/c1-8(16)13-11-5-4-10(18-11)12(17)14-6-2-3-9(14)7-15/h4-5,9,15H,2-3,6-7H2,1H3,(H,13,16)/t9-/m1/s1. The normalized spacial score (nSPS) is 19.0. The maximum atomic E-state index is 12.2. The molecule has 0 radical (unpaired) electrons. The highest BCUT2D eigenvalue weighted by atomic mass is 32.1. The van der Waals surface area contributed by atoms with E-state index in [9.17, 15) is 14.7 Å². The zero-order valence-corrected chi connectivity index (χ0v) is 11.0. The molecule has 2 N–H and O–H groups in total. The van der Waals surface area contributed by atoms with Crippen LogP contribution in [0.5, 0.6) is 0 Å². The van der Waals surface area contributed by atoms with Crippen LogP contribution in [0.3, 0.4) is 0 Å². The maximum Gasteiger partial charge on any atom is 0.264 e. The summed E-state index contributed by atoms with van der Waals surface area (Å²) in [6.07, 6.45) is 1.78. The zero-order valence-electron chi connectivity index (χ0n) is 10.2. The van der Waals surface area contributed by atoms with Gasteiger partial charge in [-0.3, -0.25) is 9.59 Å². The molecule has 98 valence electrons. The molecule has 1 aromatic rings. The van der Waals surface area contributed by atoms with Crippen molar-refractivity contribution in [2.24, 2.45) is 0 Å². The molecule has 2 amide bonds. The van der Waals surface area contributed by atoms with Gasteiger partial charge >= 0.3 is 0 Å². The van der Waals surface area contributed by atoms with E-state index in [0.717, 1.165) is 12.8 Å². The monoisotopic (exact) mass is 268 g/mol. The van der Waals surface area contributed by atoms with Gasteiger partial charge in [-0.2, -0.15) is 0 Å². The Labute approximate surface area is 109 Å². The Bertz CT molecular complexity index is 458. The summed E-state index contributed by atoms with van der Waals surface area (Å²) in [5.41, 5.74) is 0. The fraction of sp³-hybridized carbons (Fsp3) is 0.500. The first-order chi connectivity index (χ1) is 8.61. The number of aliphatic hydroxyl groups excluding tert-OH is 1. The Hall–Kier alpha value is -1.40. The Balaban J connectivity index is 2.09. The molecule has 5 nitrogen and oxygen atoms in total. The predicted octanol–water partition coefficient (Wildman–Crippen LogP) is 1.30. The van der Waals surface area contributed by atoms with Crippen LogP contribution in [0, 0.1) is 0 Å². The molecule has 0 unspecified atom stereocenters. The van der Waals surface area contributed by atoms with Crippen molar-refractivity contribution in [1.29, 1.82) is 0 Å². The molecule has 0 saturated carbocycles. The number of carbonyl (C=O) groups excluding carboxylic acids is 2. The van der Waals surface area contributed by atoms with Gasteiger partial charge in [0.05, 0.1) is 22.5 Å². The SMILES string of the molecule is CC(=O)Nc1ccc(C(=O)N2CCC[C@@H]2CO)s1. The van der Waals surface area contributed by atoms with Crippen molar-refractivity contribution in [2.45, 2.75) is 25.8 Å². The second kappa shape index (κ2) is 5.49. The summed E-state index contributed by atoms with van der Waals surface area (Å²) in [6.45, 7) is 2.14. The number of thiophene rings is 1. The van der Waals surface area contributed by atoms with Gasteiger partial charge in [-0.05, 0) is 25.0 Å². The van der Waals surface area contributed by atoms with Gasteiger partial charge < -0.3 is 15.3 Å². The second-order valence-electron chi connectivity index (χ2n) is 4.32. The van der Waals surface area contributed by atoms with Crippen LogP contribution < -0.4 is 5.32 Å². The zero-order chi connectivity index (χ0) is 13.1. The first-order valence-electron chi connectivity index (χ1n) is 5.91. The lowest BCUT2D eigenvalue weighted by atomic mass is 10.2. The topological polar surface area (TPSA) is 69.6 Å². The van der Waals surface area contributed by atoms with Crippen LogP contribution in [0.25, 0.3) is 0 Å². The molecular formula is C12H16N2O3S. The van der Waals surface area contributed by atoms with Crippen molar-refractivity contribution in [3.05, 3.63) is 17.0 Å². The molecule has 1 atom stereocenters. The van der Waals surface area contributed by atoms with Crippen LogP contribution in [-0.2, 0) is 4.79 Å². The van der Waals surface area contributed by atoms with Crippen molar-refractivity contribution in [3.8, 4) is 0 Å². The summed E-state index contributed by atoms with van der Waals surface area (Å²) in [6, 6.07) is 3.37. The van der Waals surface area contributed by atoms with Gasteiger partial charge in [0.15, 0.2) is 0 Å². The molecular weight excluding hydrogens is 252 g/mol. The van der Waals surface area contributed by atoms with Gasteiger partial charge in [0.1, 0.15) is 0 Å². The lowest BCUT2D eigenvalue weighted by molar-refractivity contribution is -0.114. The quantitative estimate of drug-likeness (QED) is 0.868. The highest BCUT2D eigenvalue weighted by Gasteiger charge is 2.29. The van der Waals surface area contributed by atoms with Gasteiger partial charge in [0, 0.05) is 13.5 Å². The van der Waals surface area contributed by atoms with E-state index >= 15 is 0 Å². The third-order valence-corrected chi connectivity index (χ3v) is 3.95. The Kier molecular flexibility index (Phi) is 3.98. The second-order valence-corrected chi connectivity index (χ2v) is 5.41. The number of nitrogens with one attached hydrogen (secondary N) is 1. The minimum absolute atomic E-state index is 0.00959. The van der Waals surface area contributed by atoms with Gasteiger partial charge in [0.2, 0.25) is 5.91 Å². The molecule has 6 heteroatoms. The third-order valence-electron chi connectivity index (χ3n) is 2.96. The maximum absolute atomic E-state index is 12.2. The van der Waals surface area contributed by atoms with Crippen LogP contribution in [-0.4, -0.2) is 41.0 Å². The van der Waals surface area contributed by atoms with Crippen molar-refractivity contribution in [1.82, 2.24) is 4.90 Å². The summed E-state index contributed by atoms with van der Waals surface area (Å²) >= 11 is 1.26. The number of hydrogen-bond acceptors (Lipinski definition) is 4. The van der Waals surface area contributed by atoms with E-state index in [2.05, 4.69) is 5.32 Å². The van der Waals surface area contributed by atoms with Crippen molar-refractivity contribution in [3.63, 3.8) is 0 Å². The average Bonchev–Trinajstić information content (AvgIpc) is 2.95. The third kappa shape index (κ3) is 2.70. The number of carbonyl (C=O) groups is 2. The minimum atomic E-state index is -0.148. The summed E-state index contributed by atoms with van der Waals surface area (Å²) in [5.74, 6) is -0.210. The Morgan fingerprint density at radius 3 is 3.00 bits per heavy atom. The smallest absolute Gasteiger partial charge is 0.264 e. The molecule has 2 heterocycles. The van der Waals surface area contributed by atoms with Gasteiger partial charge in [-0.1, -0.05) is 0 Å². The lowest BCUT2D eigenvalue weighted by Crippen LogP contribution is -2.37. The van der Waals surface area contributed by atoms with Crippen molar-refractivity contribution < 1.29 is 14.7 Å². The van der Waals surface area contributed by atoms with Crippen LogP contribution in [0.15, 0.2) is 12.1 Å². The highest BCUT2D eigenvalue weighted by molar-refractivity contribution is 7.18. The fourth-order valence-corrected chi connectivity index (χ4v) is 3.04. The average molecular weight is 268 g/mol. The molecule has 0 aromatic carbocycles. The number of amides is 2. The highest BCUT2D eigenvalue weighted by Crippen LogP contribution is 2.26. The Morgan fingerprint density at radius 2 is 2.33 bits per heavy atom. The summed E-state index contributed by atoms with van der Waals surface area (Å²) in [7, 11) is 0. The van der Waals surface area contributed by atoms with Crippen LogP contribution in [0.2, 0.25) is 0 Å². The van der Waals surface area contributed by atoms with Crippen molar-refractivity contribution in [2.75, 3.05) is 18.5 Å². The van der Waals surface area contributed by atoms with E-state index in [4.69, 9.17) is 0 Å². The number of rotatable bonds is 3. The first kappa shape index (κ1) is 13.0. The van der Waals surface area contributed by atoms with Crippen molar-refractivity contribution >= 4 is 28.2 Å². The molecule has 1 saturated heterocycles. The molecule has 1 aliphatic heterocycles. The van der Waals surface area contributed by atoms with Gasteiger partial charge in [-0.15, -0.1) is 11.3 Å². The molecule has 1 fully saturated rings. The predicted molar refractivity (Wildman–Crippen MR) is 69.8 cm³/mol. The summed E-state index contributed by atoms with van der Waals surface area (Å²) in [5, 5.41) is 12.5. The summed E-state index contributed by atoms with van der Waals surface area (Å²) in [4.78, 5) is 25.4. The van der Waals surface area contributed by atoms with Crippen LogP contribution in [0.1, 0.15) is 29.4 Å². The largest absolute Gasteiger partial charge is 0.394 e. The number of anilines is 1. The lowest BCUT2D eigenvalue weighted by Gasteiger charge is -2.22. The molecule has 0 bridgehead atoms. The minimum Gasteiger partial charge on any atom is -0.394 e.